The van der Waals surface area contributed by atoms with Gasteiger partial charge in [-0.2, -0.15) is 0 Å². The molecule has 32 heteroatoms. The van der Waals surface area contributed by atoms with E-state index in [-0.39, 0.29) is 77.3 Å². The molecule has 0 aliphatic heterocycles. The Morgan fingerprint density at radius 3 is 0.952 bits per heavy atom. The van der Waals surface area contributed by atoms with Crippen molar-refractivity contribution < 1.29 is 68.1 Å². The van der Waals surface area contributed by atoms with Crippen LogP contribution in [-0.2, 0) is 56.7 Å². The first kappa shape index (κ1) is 90.6. The van der Waals surface area contributed by atoms with Gasteiger partial charge < -0.3 is 67.0 Å². The Morgan fingerprint density at radius 1 is 0.357 bits per heavy atom. The molecular formula is C94H75Cl5N6O19S2. The summed E-state index contributed by atoms with van der Waals surface area (Å²) in [4.78, 5) is 127. The van der Waals surface area contributed by atoms with E-state index in [9.17, 15) is 73.5 Å². The monoisotopic (exact) mass is 1830 g/mol. The molecule has 0 aliphatic carbocycles. The molecular weight excluding hydrogens is 1760 g/mol. The van der Waals surface area contributed by atoms with Gasteiger partial charge in [0.2, 0.25) is 0 Å². The van der Waals surface area contributed by atoms with Gasteiger partial charge in [-0.3, -0.25) is 52.9 Å². The first-order valence-electron chi connectivity index (χ1n) is 38.3. The number of ether oxygens (including phenoxy) is 3. The third-order valence-corrected chi connectivity index (χ3v) is 24.4. The van der Waals surface area contributed by atoms with Crippen LogP contribution in [0.3, 0.4) is 0 Å². The minimum absolute atomic E-state index is 0.103. The highest BCUT2D eigenvalue weighted by Crippen LogP contribution is 2.41. The van der Waals surface area contributed by atoms with Crippen LogP contribution in [0.25, 0.3) is 131 Å². The van der Waals surface area contributed by atoms with Gasteiger partial charge in [0.05, 0.1) is 140 Å². The quantitative estimate of drug-likeness (QED) is 0.0393. The molecule has 0 saturated heterocycles. The predicted octanol–water partition coefficient (Wildman–Crippen LogP) is 20.0. The van der Waals surface area contributed by atoms with E-state index in [2.05, 4.69) is 18.8 Å². The summed E-state index contributed by atoms with van der Waals surface area (Å²) < 4.78 is 29.3. The average molecular weight is 1830 g/mol. The van der Waals surface area contributed by atoms with Crippen molar-refractivity contribution in [2.45, 2.75) is 76.1 Å². The third-order valence-electron chi connectivity index (χ3n) is 21.0. The molecule has 0 saturated carbocycles. The Hall–Kier alpha value is -13.1. The van der Waals surface area contributed by atoms with Crippen molar-refractivity contribution in [1.82, 2.24) is 27.8 Å². The Kier molecular flexibility index (Phi) is 27.4. The summed E-state index contributed by atoms with van der Waals surface area (Å²) in [5.74, 6) is -3.92. The largest absolute Gasteiger partial charge is 0.493 e. The van der Waals surface area contributed by atoms with Crippen LogP contribution >= 0.6 is 81.5 Å². The Morgan fingerprint density at radius 2 is 0.643 bits per heavy atom. The molecule has 0 spiro atoms. The van der Waals surface area contributed by atoms with Gasteiger partial charge in [0.25, 0.3) is 0 Å². The van der Waals surface area contributed by atoms with Gasteiger partial charge in [-0.05, 0) is 205 Å². The van der Waals surface area contributed by atoms with E-state index >= 15 is 0 Å². The second-order valence-electron chi connectivity index (χ2n) is 29.1. The number of carboxylic acids is 5. The molecule has 0 bridgehead atoms. The van der Waals surface area contributed by atoms with E-state index in [4.69, 9.17) is 76.6 Å². The zero-order valence-corrected chi connectivity index (χ0v) is 73.8. The number of furan rings is 1. The molecule has 642 valence electrons. The van der Waals surface area contributed by atoms with Gasteiger partial charge in [-0.25, -0.2) is 0 Å². The van der Waals surface area contributed by atoms with Crippen molar-refractivity contribution in [3.63, 3.8) is 0 Å². The minimum Gasteiger partial charge on any atom is -0.493 e. The van der Waals surface area contributed by atoms with Crippen LogP contribution in [0.4, 0.5) is 0 Å². The lowest BCUT2D eigenvalue weighted by atomic mass is 10.00. The molecule has 7 aromatic heterocycles. The summed E-state index contributed by atoms with van der Waals surface area (Å²) in [6, 6.07) is 48.7. The van der Waals surface area contributed by atoms with Gasteiger partial charge in [0.1, 0.15) is 32.7 Å². The molecule has 25 nitrogen and oxygen atoms in total. The number of carboxylic acid groups (broad SMARTS) is 5. The van der Waals surface area contributed by atoms with Crippen molar-refractivity contribution in [2.75, 3.05) is 33.8 Å². The van der Waals surface area contributed by atoms with Gasteiger partial charge in [0.15, 0.2) is 44.4 Å². The lowest BCUT2D eigenvalue weighted by Gasteiger charge is -2.18. The van der Waals surface area contributed by atoms with Crippen molar-refractivity contribution >= 4 is 220 Å². The smallest absolute Gasteiger partial charge is 0.323 e. The van der Waals surface area contributed by atoms with Gasteiger partial charge in [-0.15, -0.1) is 23.5 Å². The number of benzene rings is 10. The molecule has 126 heavy (non-hydrogen) atoms. The summed E-state index contributed by atoms with van der Waals surface area (Å²) in [5, 5.41) is 53.3. The summed E-state index contributed by atoms with van der Waals surface area (Å²) in [7, 11) is 4.31. The maximum Gasteiger partial charge on any atom is 0.323 e. The molecule has 7 heterocycles. The molecule has 5 N–H and O–H groups in total. The predicted molar refractivity (Wildman–Crippen MR) is 500 cm³/mol. The Balaban J connectivity index is 0.000000135. The van der Waals surface area contributed by atoms with E-state index in [1.807, 2.05) is 74.9 Å². The number of thioether (sulfide) groups is 2. The molecule has 17 aromatic rings. The molecule has 0 atom stereocenters. The van der Waals surface area contributed by atoms with Gasteiger partial charge >= 0.3 is 29.8 Å². The van der Waals surface area contributed by atoms with E-state index in [1.54, 1.807) is 169 Å². The average Bonchev–Trinajstić information content (AvgIpc) is 0.772. The van der Waals surface area contributed by atoms with Gasteiger partial charge in [0, 0.05) is 55.7 Å². The normalized spacial score (nSPS) is 11.2. The number of aromatic nitrogens is 6. The Bertz CT molecular complexity index is 7520. The lowest BCUT2D eigenvalue weighted by molar-refractivity contribution is -0.138. The van der Waals surface area contributed by atoms with E-state index in [0.717, 1.165) is 43.8 Å². The molecule has 10 aromatic carbocycles. The zero-order valence-electron chi connectivity index (χ0n) is 68.4. The van der Waals surface area contributed by atoms with Crippen molar-refractivity contribution in [2.24, 2.45) is 0 Å². The van der Waals surface area contributed by atoms with E-state index in [1.165, 1.54) is 44.9 Å². The summed E-state index contributed by atoms with van der Waals surface area (Å²) >= 11 is 34.0. The van der Waals surface area contributed by atoms with Crippen LogP contribution < -0.4 is 41.4 Å². The van der Waals surface area contributed by atoms with Crippen molar-refractivity contribution in [1.29, 1.82) is 0 Å². The number of aliphatic carboxylic acids is 5. The van der Waals surface area contributed by atoms with Crippen molar-refractivity contribution in [3.8, 4) is 39.5 Å². The molecule has 17 rings (SSSR count). The van der Waals surface area contributed by atoms with Crippen LogP contribution in [0.5, 0.6) is 17.2 Å². The first-order valence-corrected chi connectivity index (χ1v) is 42.7. The number of pyridine rings is 6. The topological polar surface area (TPSA) is 350 Å². The van der Waals surface area contributed by atoms with Crippen LogP contribution in [0.2, 0.25) is 25.1 Å². The summed E-state index contributed by atoms with van der Waals surface area (Å²) in [5.41, 5.74) is 10.6. The highest BCUT2D eigenvalue weighted by Gasteiger charge is 2.26. The number of hydrogen-bond acceptors (Lipinski definition) is 17. The summed E-state index contributed by atoms with van der Waals surface area (Å²) in [6.07, 6.45) is 10.2. The standard InChI is InChI=1S/C21H15ClN2O4.C20H14ClNO5.C19H18ClNO3S.C17H14ClNO4.C17H14ClNO3S/c1-28-21-16(22)5-4-15-19(21)24(11-18(25)26)17-10-13(2-3-14(17)20(15)27)12-6-8-23-9-7-12;1-26-20-15(21)5-4-14-18(20)22(9-17(23)24)16-8-11(12-6-7-27-10-12)2-3-13(16)19(14)25;1-10(2)11-4-5-12-15(8-11)21(9-16(22)23)17-13(18(12)24)6-7-14(20)19(17)25-3;2*1-9-3-4-10-13(7-9)19(8-14(20)21)15-11(16(10)22)5-6-12(18)17(15)23-2/h2-10H,11H2,1H3,(H,25,26);2-8,10H,9H2,1H3,(H,23,24);4-8,10H,9H2,1-3H3,(H,22,23);2*3-7H,8H2,1-2H3,(H,20,21). The number of fused-ring (bicyclic) bond motifs is 10. The number of halogens is 5. The SMILES string of the molecule is COc1c(Cl)ccc2c(=O)c3ccc(-c4ccncc4)cc3n(CC(=O)O)c12.COc1c(Cl)ccc2c(=O)c3ccc(-c4ccoc4)cc3n(CC(=O)O)c12.COc1c(Cl)ccc2c(=O)c3ccc(C)cc3n(CC(=O)O)c12.CSc1c(Cl)ccc2c(=O)c3ccc(C(C)C)cc3n(CC(=O)O)c12.CSc1c(Cl)ccc2c(=O)c3ccc(C)cc3n(CC(=O)O)c12. The van der Waals surface area contributed by atoms with Crippen LogP contribution in [-0.4, -0.2) is 117 Å². The zero-order chi connectivity index (χ0) is 90.7. The maximum atomic E-state index is 13.1. The molecule has 0 aliphatic rings. The number of methoxy groups -OCH3 is 3. The van der Waals surface area contributed by atoms with Gasteiger partial charge in [-0.1, -0.05) is 102 Å². The van der Waals surface area contributed by atoms with Crippen LogP contribution in [0.15, 0.2) is 233 Å². The maximum absolute atomic E-state index is 13.1. The Labute approximate surface area is 748 Å². The number of aryl methyl sites for hydroxylation is 2. The lowest BCUT2D eigenvalue weighted by Crippen LogP contribution is -2.17. The fraction of sp³-hybridized carbons (Fsp3) is 0.160. The van der Waals surface area contributed by atoms with Crippen LogP contribution in [0.1, 0.15) is 36.5 Å². The number of hydrogen-bond donors (Lipinski definition) is 5. The highest BCUT2D eigenvalue weighted by molar-refractivity contribution is 7.99. The molecule has 0 unspecified atom stereocenters. The number of carbonyl (C=O) groups is 5. The van der Waals surface area contributed by atoms with Crippen molar-refractivity contribution in [3.05, 3.63) is 288 Å². The molecule has 0 fully saturated rings. The minimum atomic E-state index is -1.04. The van der Waals surface area contributed by atoms with Crippen LogP contribution in [0, 0.1) is 13.8 Å². The number of nitrogens with zero attached hydrogens (tertiary/aromatic N) is 6. The number of rotatable bonds is 18. The van der Waals surface area contributed by atoms with E-state index in [0.29, 0.717) is 145 Å². The first-order chi connectivity index (χ1) is 60.2. The fourth-order valence-corrected chi connectivity index (χ4v) is 18.3. The molecule has 0 amide bonds. The fourth-order valence-electron chi connectivity index (χ4n) is 15.4. The second kappa shape index (κ2) is 38.2. The highest BCUT2D eigenvalue weighted by atomic mass is 35.5. The third kappa shape index (κ3) is 17.8. The second-order valence-corrected chi connectivity index (χ2v) is 32.8. The molecule has 0 radical (unpaired) electrons. The summed E-state index contributed by atoms with van der Waals surface area (Å²) in [6.45, 7) is 6.46. The van der Waals surface area contributed by atoms with E-state index < -0.39 is 29.8 Å².